The molecule has 3 aromatic carbocycles. The van der Waals surface area contributed by atoms with E-state index in [1.807, 2.05) is 0 Å². The molecule has 3 aromatic rings. The second-order valence-corrected chi connectivity index (χ2v) is 9.26. The van der Waals surface area contributed by atoms with E-state index >= 15 is 0 Å². The Morgan fingerprint density at radius 3 is 1.52 bits per heavy atom. The first kappa shape index (κ1) is 29.0. The fraction of sp³-hybridized carbons (Fsp3) is 0.250. The minimum Gasteiger partial charge on any atom is -1.00 e. The zero-order chi connectivity index (χ0) is 23.9. The van der Waals surface area contributed by atoms with Crippen molar-refractivity contribution in [2.24, 2.45) is 5.73 Å². The third-order valence-electron chi connectivity index (χ3n) is 4.66. The maximum atomic E-state index is 12.7. The fourth-order valence-electron chi connectivity index (χ4n) is 3.31. The summed E-state index contributed by atoms with van der Waals surface area (Å²) in [6, 6.07) is 20.6. The van der Waals surface area contributed by atoms with Crippen molar-refractivity contribution in [2.75, 3.05) is 0 Å². The van der Waals surface area contributed by atoms with E-state index in [1.165, 1.54) is 28.8 Å². The van der Waals surface area contributed by atoms with Gasteiger partial charge in [0.2, 0.25) is 0 Å². The molecule has 0 amide bonds. The molecule has 0 aliphatic rings. The van der Waals surface area contributed by atoms with Gasteiger partial charge in [-0.1, -0.05) is 95.6 Å². The van der Waals surface area contributed by atoms with E-state index in [9.17, 15) is 21.6 Å². The molecule has 0 aromatic heterocycles. The van der Waals surface area contributed by atoms with Crippen LogP contribution >= 0.6 is 0 Å². The van der Waals surface area contributed by atoms with Gasteiger partial charge in [-0.05, 0) is 31.9 Å². The van der Waals surface area contributed by atoms with Gasteiger partial charge in [-0.3, -0.25) is 0 Å². The number of rotatable bonds is 5. The molecular weight excluding hydrogens is 538 g/mol. The van der Waals surface area contributed by atoms with E-state index in [-0.39, 0.29) is 23.8 Å². The van der Waals surface area contributed by atoms with Crippen molar-refractivity contribution >= 4 is 10.0 Å². The Balaban J connectivity index is -0.000000719. The summed E-state index contributed by atoms with van der Waals surface area (Å²) in [4.78, 5) is 0. The summed E-state index contributed by atoms with van der Waals surface area (Å²) >= 11 is 0. The van der Waals surface area contributed by atoms with E-state index in [2.05, 4.69) is 39.0 Å². The van der Waals surface area contributed by atoms with Crippen molar-refractivity contribution in [3.8, 4) is 0 Å². The first-order chi connectivity index (χ1) is 14.9. The smallest absolute Gasteiger partial charge is 1.00 e. The van der Waals surface area contributed by atoms with Crippen LogP contribution in [0.5, 0.6) is 0 Å². The molecule has 0 heterocycles. The van der Waals surface area contributed by atoms with E-state index in [4.69, 9.17) is 5.73 Å². The topological polar surface area (TPSA) is 72.2 Å². The number of halogens is 3. The Kier molecular flexibility index (Phi) is 10.9. The predicted octanol–water partition coefficient (Wildman–Crippen LogP) is 5.81. The number of benzene rings is 3. The summed E-state index contributed by atoms with van der Waals surface area (Å²) in [5.41, 5.74) is 5.55. The second kappa shape index (κ2) is 12.4. The second-order valence-electron chi connectivity index (χ2n) is 7.56. The van der Waals surface area contributed by atoms with Crippen LogP contribution in [0.3, 0.4) is 0 Å². The average molecular weight is 569 g/mol. The minimum absolute atomic E-state index is 0. The molecule has 9 heteroatoms. The van der Waals surface area contributed by atoms with E-state index in [1.54, 1.807) is 53.3 Å². The minimum atomic E-state index is -5.53. The summed E-state index contributed by atoms with van der Waals surface area (Å²) in [5.74, 6) is 0. The van der Waals surface area contributed by atoms with Crippen molar-refractivity contribution in [1.82, 2.24) is 4.72 Å². The van der Waals surface area contributed by atoms with Crippen molar-refractivity contribution in [1.29, 1.82) is 0 Å². The molecule has 0 saturated heterocycles. The van der Waals surface area contributed by atoms with Crippen LogP contribution in [-0.2, 0) is 29.5 Å². The van der Waals surface area contributed by atoms with Crippen molar-refractivity contribution < 1.29 is 45.3 Å². The molecule has 0 aliphatic heterocycles. The van der Waals surface area contributed by atoms with Gasteiger partial charge in [0.1, 0.15) is 0 Å². The molecule has 0 fully saturated rings. The molecule has 183 valence electrons. The molecule has 2 atom stereocenters. The molecule has 33 heavy (non-hydrogen) atoms. The molecule has 0 bridgehead atoms. The summed E-state index contributed by atoms with van der Waals surface area (Å²) in [7, 11) is -5.53. The Bertz CT molecular complexity index is 1070. The van der Waals surface area contributed by atoms with Gasteiger partial charge >= 0.3 is 35.0 Å². The summed E-state index contributed by atoms with van der Waals surface area (Å²) in [6.07, 6.45) is 0. The van der Waals surface area contributed by atoms with Crippen LogP contribution in [0.15, 0.2) is 78.9 Å². The van der Waals surface area contributed by atoms with Gasteiger partial charge in [-0.2, -0.15) is 17.9 Å². The summed E-state index contributed by atoms with van der Waals surface area (Å²) in [6.45, 7) is 6.38. The maximum Gasteiger partial charge on any atom is 3.00 e. The summed E-state index contributed by atoms with van der Waals surface area (Å²) in [5, 5.41) is 0. The van der Waals surface area contributed by atoms with Crippen LogP contribution in [0.25, 0.3) is 0 Å². The van der Waals surface area contributed by atoms with Gasteiger partial charge in [-0.15, -0.1) is 0 Å². The molecule has 3 N–H and O–H groups in total. The van der Waals surface area contributed by atoms with Crippen LogP contribution in [0.1, 0.15) is 44.2 Å². The first-order valence-corrected chi connectivity index (χ1v) is 11.4. The van der Waals surface area contributed by atoms with Crippen LogP contribution < -0.4 is 10.5 Å². The molecule has 3 rings (SSSR count). The van der Waals surface area contributed by atoms with E-state index in [0.717, 1.165) is 0 Å². The van der Waals surface area contributed by atoms with Crippen LogP contribution in [0.4, 0.5) is 13.2 Å². The number of aryl methyl sites for hydroxylation is 3. The molecular formula is C24H30F3N2O2RuS. The SMILES string of the molecule is Cc1cc(C)cc(C)c1.N[C@@H](c1ccccc1)[C@@H](NS(=O)(=O)C(F)(F)F)c1ccccc1.[H-].[H-].[H-].[Ru+3]. The molecule has 1 radical (unpaired) electrons. The van der Waals surface area contributed by atoms with Gasteiger partial charge in [-0.25, -0.2) is 8.42 Å². The normalized spacial score (nSPS) is 13.2. The zero-order valence-electron chi connectivity index (χ0n) is 21.4. The predicted molar refractivity (Wildman–Crippen MR) is 125 cm³/mol. The van der Waals surface area contributed by atoms with Gasteiger partial charge in [0.05, 0.1) is 12.1 Å². The monoisotopic (exact) mass is 569 g/mol. The standard InChI is InChI=1S/C15H15F3N2O2S.C9H12.Ru.3H/c16-15(17,18)23(21,22)20-14(12-9-5-2-6-10-12)13(19)11-7-3-1-4-8-11;1-7-4-8(2)6-9(3)5-7;;;;/h1-10,13-14,20H,19H2;4-6H,1-3H3;;;;/q;;+3;3*-1/t13-,14-;;;;;/m0...../s1. The Labute approximate surface area is 210 Å². The molecule has 0 spiro atoms. The molecule has 0 unspecified atom stereocenters. The third kappa shape index (κ3) is 8.67. The van der Waals surface area contributed by atoms with E-state index in [0.29, 0.717) is 11.1 Å². The largest absolute Gasteiger partial charge is 3.00 e. The van der Waals surface area contributed by atoms with Crippen LogP contribution in [0.2, 0.25) is 0 Å². The van der Waals surface area contributed by atoms with Crippen LogP contribution in [-0.4, -0.2) is 13.9 Å². The quantitative estimate of drug-likeness (QED) is 0.382. The number of hydrogen-bond acceptors (Lipinski definition) is 3. The van der Waals surface area contributed by atoms with E-state index < -0.39 is 27.6 Å². The average Bonchev–Trinajstić information content (AvgIpc) is 2.71. The van der Waals surface area contributed by atoms with Gasteiger partial charge in [0.15, 0.2) is 0 Å². The van der Waals surface area contributed by atoms with Crippen molar-refractivity contribution in [2.45, 2.75) is 38.4 Å². The van der Waals surface area contributed by atoms with Gasteiger partial charge in [0, 0.05) is 0 Å². The number of nitrogens with two attached hydrogens (primary N) is 1. The first-order valence-electron chi connectivity index (χ1n) is 9.89. The van der Waals surface area contributed by atoms with Crippen LogP contribution in [0, 0.1) is 20.8 Å². The Morgan fingerprint density at radius 2 is 1.15 bits per heavy atom. The molecule has 0 saturated carbocycles. The molecule has 4 nitrogen and oxygen atoms in total. The summed E-state index contributed by atoms with van der Waals surface area (Å²) < 4.78 is 62.7. The zero-order valence-corrected chi connectivity index (χ0v) is 21.0. The Hall–Kier alpha value is -2.06. The fourth-order valence-corrected chi connectivity index (χ4v) is 4.06. The number of alkyl halides is 3. The third-order valence-corrected chi connectivity index (χ3v) is 5.83. The Morgan fingerprint density at radius 1 is 0.788 bits per heavy atom. The number of nitrogens with one attached hydrogen (secondary N) is 1. The molecule has 0 aliphatic carbocycles. The van der Waals surface area contributed by atoms with Crippen molar-refractivity contribution in [3.05, 3.63) is 107 Å². The maximum absolute atomic E-state index is 12.7. The number of sulfonamides is 1. The van der Waals surface area contributed by atoms with Gasteiger partial charge < -0.3 is 10.0 Å². The number of hydrogen-bond donors (Lipinski definition) is 2. The van der Waals surface area contributed by atoms with Crippen molar-refractivity contribution in [3.63, 3.8) is 0 Å². The van der Waals surface area contributed by atoms with Gasteiger partial charge in [0.25, 0.3) is 0 Å².